The quantitative estimate of drug-likeness (QED) is 0.659. The molecule has 0 fully saturated rings. The van der Waals surface area contributed by atoms with E-state index in [-0.39, 0.29) is 23.5 Å². The predicted molar refractivity (Wildman–Crippen MR) is 98.6 cm³/mol. The number of hydrogen-bond donors (Lipinski definition) is 2. The highest BCUT2D eigenvalue weighted by atomic mass is 35.5. The van der Waals surface area contributed by atoms with Crippen LogP contribution in [0.1, 0.15) is 18.5 Å². The van der Waals surface area contributed by atoms with E-state index in [1.54, 1.807) is 6.07 Å². The maximum atomic E-state index is 12.0. The number of benzene rings is 1. The van der Waals surface area contributed by atoms with E-state index in [1.807, 2.05) is 25.1 Å². The topological polar surface area (TPSA) is 98.0 Å². The fourth-order valence-corrected chi connectivity index (χ4v) is 4.49. The number of primary amides is 1. The minimum atomic E-state index is -0.404. The van der Waals surface area contributed by atoms with Gasteiger partial charge in [-0.25, -0.2) is 0 Å². The number of carbonyl (C=O) groups excluding carboxylic acids is 2. The Bertz CT molecular complexity index is 726. The number of hydrogen-bond acceptors (Lipinski definition) is 7. The van der Waals surface area contributed by atoms with E-state index < -0.39 is 5.91 Å². The summed E-state index contributed by atoms with van der Waals surface area (Å²) >= 11 is 9.82. The van der Waals surface area contributed by atoms with Gasteiger partial charge in [0.05, 0.1) is 17.5 Å². The van der Waals surface area contributed by atoms with Gasteiger partial charge in [0, 0.05) is 5.02 Å². The Morgan fingerprint density at radius 1 is 1.29 bits per heavy atom. The molecule has 1 aromatic carbocycles. The number of nitrogens with two attached hydrogens (primary N) is 1. The molecule has 10 heteroatoms. The summed E-state index contributed by atoms with van der Waals surface area (Å²) in [5.74, 6) is -0.107. The molecule has 0 saturated heterocycles. The van der Waals surface area contributed by atoms with Crippen LogP contribution < -0.4 is 11.1 Å². The number of amides is 2. The highest BCUT2D eigenvalue weighted by molar-refractivity contribution is 8.03. The zero-order valence-corrected chi connectivity index (χ0v) is 15.9. The van der Waals surface area contributed by atoms with Gasteiger partial charge in [-0.2, -0.15) is 0 Å². The lowest BCUT2D eigenvalue weighted by molar-refractivity contribution is -0.119. The molecule has 0 aliphatic carbocycles. The monoisotopic (exact) mass is 402 g/mol. The first kappa shape index (κ1) is 19.0. The van der Waals surface area contributed by atoms with E-state index >= 15 is 0 Å². The van der Waals surface area contributed by atoms with Gasteiger partial charge < -0.3 is 11.1 Å². The summed E-state index contributed by atoms with van der Waals surface area (Å²) < 4.78 is 1.33. The molecule has 6 nitrogen and oxygen atoms in total. The summed E-state index contributed by atoms with van der Waals surface area (Å²) in [4.78, 5) is 22.8. The van der Waals surface area contributed by atoms with Crippen molar-refractivity contribution in [1.29, 1.82) is 0 Å². The molecule has 128 valence electrons. The van der Waals surface area contributed by atoms with E-state index in [2.05, 4.69) is 15.5 Å². The van der Waals surface area contributed by atoms with E-state index in [4.69, 9.17) is 17.3 Å². The molecule has 1 heterocycles. The third-order valence-electron chi connectivity index (χ3n) is 2.78. The number of nitrogens with zero attached hydrogens (tertiary/aromatic N) is 2. The number of thioether (sulfide) groups is 2. The zero-order valence-electron chi connectivity index (χ0n) is 12.7. The lowest BCUT2D eigenvalue weighted by Crippen LogP contribution is -2.28. The van der Waals surface area contributed by atoms with Crippen LogP contribution >= 0.6 is 46.5 Å². The Kier molecular flexibility index (Phi) is 7.35. The first-order valence-corrected chi connectivity index (χ1v) is 10.0. The molecule has 0 bridgehead atoms. The summed E-state index contributed by atoms with van der Waals surface area (Å²) in [5.41, 5.74) is 6.03. The number of nitrogens with one attached hydrogen (secondary N) is 1. The summed E-state index contributed by atoms with van der Waals surface area (Å²) in [6.45, 7) is 1.90. The zero-order chi connectivity index (χ0) is 17.5. The molecular weight excluding hydrogens is 388 g/mol. The van der Waals surface area contributed by atoms with E-state index in [0.717, 1.165) is 5.56 Å². The van der Waals surface area contributed by atoms with Gasteiger partial charge in [0.2, 0.25) is 11.8 Å². The maximum Gasteiger partial charge on any atom is 0.230 e. The molecule has 0 aliphatic rings. The van der Waals surface area contributed by atoms with E-state index in [1.165, 1.54) is 34.9 Å². The lowest BCUT2D eigenvalue weighted by atomic mass is 10.1. The lowest BCUT2D eigenvalue weighted by Gasteiger charge is -2.14. The predicted octanol–water partition coefficient (Wildman–Crippen LogP) is 2.74. The van der Waals surface area contributed by atoms with Crippen molar-refractivity contribution in [3.63, 3.8) is 0 Å². The second kappa shape index (κ2) is 9.26. The third kappa shape index (κ3) is 6.31. The van der Waals surface area contributed by atoms with Gasteiger partial charge in [-0.1, -0.05) is 58.6 Å². The fraction of sp³-hybridized carbons (Fsp3) is 0.286. The van der Waals surface area contributed by atoms with Gasteiger partial charge in [0.15, 0.2) is 8.68 Å². The summed E-state index contributed by atoms with van der Waals surface area (Å²) in [5, 5.41) is 11.5. The largest absolute Gasteiger partial charge is 0.369 e. The number of aromatic nitrogens is 2. The first-order valence-electron chi connectivity index (χ1n) is 6.86. The highest BCUT2D eigenvalue weighted by Gasteiger charge is 2.12. The highest BCUT2D eigenvalue weighted by Crippen LogP contribution is 2.28. The molecule has 0 saturated carbocycles. The van der Waals surface area contributed by atoms with E-state index in [0.29, 0.717) is 13.7 Å². The minimum Gasteiger partial charge on any atom is -0.369 e. The van der Waals surface area contributed by atoms with Crippen molar-refractivity contribution in [3.05, 3.63) is 34.9 Å². The van der Waals surface area contributed by atoms with Gasteiger partial charge in [-0.3, -0.25) is 9.59 Å². The van der Waals surface area contributed by atoms with Gasteiger partial charge in [-0.15, -0.1) is 10.2 Å². The Hall–Kier alpha value is -1.29. The maximum absolute atomic E-state index is 12.0. The van der Waals surface area contributed by atoms with Crippen LogP contribution in [0.25, 0.3) is 0 Å². The average molecular weight is 403 g/mol. The molecule has 0 aliphatic heterocycles. The van der Waals surface area contributed by atoms with E-state index in [9.17, 15) is 9.59 Å². The van der Waals surface area contributed by atoms with Crippen molar-refractivity contribution in [1.82, 2.24) is 15.5 Å². The van der Waals surface area contributed by atoms with Gasteiger partial charge in [0.1, 0.15) is 0 Å². The van der Waals surface area contributed by atoms with Gasteiger partial charge in [-0.05, 0) is 24.6 Å². The molecule has 1 atom stereocenters. The van der Waals surface area contributed by atoms with Crippen LogP contribution in [0.5, 0.6) is 0 Å². The molecule has 0 spiro atoms. The number of carbonyl (C=O) groups is 2. The van der Waals surface area contributed by atoms with Crippen molar-refractivity contribution in [2.24, 2.45) is 5.73 Å². The summed E-state index contributed by atoms with van der Waals surface area (Å²) in [6.07, 6.45) is 0. The van der Waals surface area contributed by atoms with Crippen LogP contribution in [0.3, 0.4) is 0 Å². The molecule has 24 heavy (non-hydrogen) atoms. The molecule has 0 radical (unpaired) electrons. The molecule has 2 aromatic rings. The second-order valence-electron chi connectivity index (χ2n) is 4.72. The summed E-state index contributed by atoms with van der Waals surface area (Å²) in [6, 6.07) is 7.25. The van der Waals surface area contributed by atoms with Crippen molar-refractivity contribution < 1.29 is 9.59 Å². The Balaban J connectivity index is 1.79. The van der Waals surface area contributed by atoms with Crippen molar-refractivity contribution >= 4 is 58.3 Å². The van der Waals surface area contributed by atoms with Crippen LogP contribution in [0, 0.1) is 0 Å². The van der Waals surface area contributed by atoms with Gasteiger partial charge >= 0.3 is 0 Å². The average Bonchev–Trinajstić information content (AvgIpc) is 2.99. The Labute approximate surface area is 156 Å². The standard InChI is InChI=1S/C14H15ClN4O2S3/c1-8(9-3-2-4-10(15)5-9)17-12(21)7-23-14-19-18-13(24-14)22-6-11(16)20/h2-5,8H,6-7H2,1H3,(H2,16,20)(H,17,21)/t8-/m0/s1. The van der Waals surface area contributed by atoms with Crippen molar-refractivity contribution in [3.8, 4) is 0 Å². The SMILES string of the molecule is C[C@H](NC(=O)CSc1nnc(SCC(N)=O)s1)c1cccc(Cl)c1. The van der Waals surface area contributed by atoms with Gasteiger partial charge in [0.25, 0.3) is 0 Å². The number of rotatable bonds is 8. The van der Waals surface area contributed by atoms with Crippen LogP contribution in [-0.2, 0) is 9.59 Å². The number of halogens is 1. The Morgan fingerprint density at radius 2 is 1.96 bits per heavy atom. The molecule has 0 unspecified atom stereocenters. The van der Waals surface area contributed by atoms with Crippen molar-refractivity contribution in [2.45, 2.75) is 21.6 Å². The molecule has 2 amide bonds. The smallest absolute Gasteiger partial charge is 0.230 e. The molecule has 1 aromatic heterocycles. The normalized spacial score (nSPS) is 11.9. The Morgan fingerprint density at radius 3 is 2.58 bits per heavy atom. The second-order valence-corrected chi connectivity index (χ2v) is 8.58. The fourth-order valence-electron chi connectivity index (χ4n) is 1.72. The third-order valence-corrected chi connectivity index (χ3v) is 6.23. The molecule has 2 rings (SSSR count). The summed E-state index contributed by atoms with van der Waals surface area (Å²) in [7, 11) is 0. The van der Waals surface area contributed by atoms with Crippen LogP contribution in [0.2, 0.25) is 5.02 Å². The first-order chi connectivity index (χ1) is 11.4. The molecular formula is C14H15ClN4O2S3. The van der Waals surface area contributed by atoms with Crippen LogP contribution in [0.4, 0.5) is 0 Å². The van der Waals surface area contributed by atoms with Crippen LogP contribution in [-0.4, -0.2) is 33.5 Å². The molecule has 3 N–H and O–H groups in total. The van der Waals surface area contributed by atoms with Crippen LogP contribution in [0.15, 0.2) is 32.9 Å². The minimum absolute atomic E-state index is 0.103. The van der Waals surface area contributed by atoms with Crippen molar-refractivity contribution in [2.75, 3.05) is 11.5 Å².